The average Bonchev–Trinajstić information content (AvgIpc) is 2.89. The van der Waals surface area contributed by atoms with Crippen LogP contribution in [0, 0.1) is 5.82 Å². The van der Waals surface area contributed by atoms with Crippen LogP contribution in [0.1, 0.15) is 37.3 Å². The molecule has 1 unspecified atom stereocenters. The van der Waals surface area contributed by atoms with Crippen LogP contribution < -0.4 is 5.32 Å². The molecule has 0 aromatic heterocycles. The van der Waals surface area contributed by atoms with Gasteiger partial charge in [-0.1, -0.05) is 31.0 Å². The number of hydrogen-bond acceptors (Lipinski definition) is 3. The normalized spacial score (nSPS) is 17.7. The molecule has 18 heavy (non-hydrogen) atoms. The minimum absolute atomic E-state index is 0.272. The first kappa shape index (κ1) is 13.0. The Balaban J connectivity index is 2.19. The Morgan fingerprint density at radius 2 is 2.06 bits per heavy atom. The van der Waals surface area contributed by atoms with Gasteiger partial charge in [0.15, 0.2) is 0 Å². The van der Waals surface area contributed by atoms with Gasteiger partial charge in [0, 0.05) is 11.6 Å². The molecule has 0 bridgehead atoms. The predicted octanol–water partition coefficient (Wildman–Crippen LogP) is 2.57. The van der Waals surface area contributed by atoms with Crippen molar-refractivity contribution in [2.75, 3.05) is 7.11 Å². The third kappa shape index (κ3) is 2.88. The Kier molecular flexibility index (Phi) is 4.31. The van der Waals surface area contributed by atoms with E-state index >= 15 is 0 Å². The second kappa shape index (κ2) is 5.96. The Morgan fingerprint density at radius 1 is 1.39 bits per heavy atom. The standard InChI is InChI=1S/C14H18FNO2/c1-18-14(17)13(16-10-6-2-3-7-10)11-8-4-5-9-12(11)15/h4-5,8-10,13,16H,2-3,6-7H2,1H3. The number of esters is 1. The van der Waals surface area contributed by atoms with Crippen LogP contribution in [0.3, 0.4) is 0 Å². The summed E-state index contributed by atoms with van der Waals surface area (Å²) < 4.78 is 18.5. The molecule has 1 aromatic carbocycles. The Bertz CT molecular complexity index is 416. The van der Waals surface area contributed by atoms with Crippen molar-refractivity contribution in [2.45, 2.75) is 37.8 Å². The fourth-order valence-corrected chi connectivity index (χ4v) is 2.44. The van der Waals surface area contributed by atoms with E-state index in [0.717, 1.165) is 25.7 Å². The molecule has 0 spiro atoms. The summed E-state index contributed by atoms with van der Waals surface area (Å²) in [7, 11) is 1.33. The first-order chi connectivity index (χ1) is 8.72. The van der Waals surface area contributed by atoms with Gasteiger partial charge >= 0.3 is 5.97 Å². The van der Waals surface area contributed by atoms with Crippen LogP contribution in [0.15, 0.2) is 24.3 Å². The Hall–Kier alpha value is -1.42. The summed E-state index contributed by atoms with van der Waals surface area (Å²) in [4.78, 5) is 11.8. The Labute approximate surface area is 106 Å². The number of nitrogens with one attached hydrogen (secondary N) is 1. The molecule has 98 valence electrons. The highest BCUT2D eigenvalue weighted by molar-refractivity contribution is 5.77. The molecule has 0 heterocycles. The van der Waals surface area contributed by atoms with Gasteiger partial charge in [0.05, 0.1) is 7.11 Å². The van der Waals surface area contributed by atoms with Gasteiger partial charge in [-0.25, -0.2) is 9.18 Å². The van der Waals surface area contributed by atoms with E-state index in [4.69, 9.17) is 4.74 Å². The summed E-state index contributed by atoms with van der Waals surface area (Å²) in [5.74, 6) is -0.814. The Morgan fingerprint density at radius 3 is 2.67 bits per heavy atom. The zero-order chi connectivity index (χ0) is 13.0. The van der Waals surface area contributed by atoms with E-state index < -0.39 is 12.0 Å². The van der Waals surface area contributed by atoms with Gasteiger partial charge in [0.1, 0.15) is 11.9 Å². The fraction of sp³-hybridized carbons (Fsp3) is 0.500. The summed E-state index contributed by atoms with van der Waals surface area (Å²) in [6, 6.07) is 5.89. The topological polar surface area (TPSA) is 38.3 Å². The summed E-state index contributed by atoms with van der Waals surface area (Å²) in [5, 5.41) is 3.21. The van der Waals surface area contributed by atoms with E-state index in [1.165, 1.54) is 13.2 Å². The summed E-state index contributed by atoms with van der Waals surface area (Å²) in [6.45, 7) is 0. The lowest BCUT2D eigenvalue weighted by molar-refractivity contribution is -0.143. The van der Waals surface area contributed by atoms with Crippen molar-refractivity contribution in [3.8, 4) is 0 Å². The monoisotopic (exact) mass is 251 g/mol. The third-order valence-corrected chi connectivity index (χ3v) is 3.41. The van der Waals surface area contributed by atoms with Crippen LogP contribution in [0.5, 0.6) is 0 Å². The van der Waals surface area contributed by atoms with E-state index in [1.54, 1.807) is 18.2 Å². The maximum Gasteiger partial charge on any atom is 0.327 e. The molecule has 1 saturated carbocycles. The molecule has 3 nitrogen and oxygen atoms in total. The SMILES string of the molecule is COC(=O)C(NC1CCCC1)c1ccccc1F. The molecule has 2 rings (SSSR count). The van der Waals surface area contributed by atoms with E-state index in [1.807, 2.05) is 0 Å². The second-order valence-electron chi connectivity index (χ2n) is 4.63. The number of halogens is 1. The maximum atomic E-state index is 13.8. The molecule has 1 aliphatic rings. The molecule has 1 atom stereocenters. The van der Waals surface area contributed by atoms with Crippen molar-refractivity contribution in [1.82, 2.24) is 5.32 Å². The van der Waals surface area contributed by atoms with Crippen LogP contribution in [0.2, 0.25) is 0 Å². The highest BCUT2D eigenvalue weighted by atomic mass is 19.1. The lowest BCUT2D eigenvalue weighted by Gasteiger charge is -2.21. The van der Waals surface area contributed by atoms with Crippen LogP contribution in [-0.4, -0.2) is 19.1 Å². The van der Waals surface area contributed by atoms with Gasteiger partial charge in [-0.05, 0) is 18.9 Å². The smallest absolute Gasteiger partial charge is 0.327 e. The quantitative estimate of drug-likeness (QED) is 0.836. The molecule has 1 aromatic rings. The fourth-order valence-electron chi connectivity index (χ4n) is 2.44. The lowest BCUT2D eigenvalue weighted by atomic mass is 10.0. The number of carbonyl (C=O) groups is 1. The minimum Gasteiger partial charge on any atom is -0.468 e. The lowest BCUT2D eigenvalue weighted by Crippen LogP contribution is -2.36. The molecule has 1 fully saturated rings. The molecule has 1 N–H and O–H groups in total. The molecule has 0 radical (unpaired) electrons. The van der Waals surface area contributed by atoms with Gasteiger partial charge in [0.25, 0.3) is 0 Å². The van der Waals surface area contributed by atoms with Crippen molar-refractivity contribution in [2.24, 2.45) is 0 Å². The first-order valence-corrected chi connectivity index (χ1v) is 6.30. The molecule has 0 amide bonds. The minimum atomic E-state index is -0.709. The zero-order valence-corrected chi connectivity index (χ0v) is 10.5. The van der Waals surface area contributed by atoms with E-state index in [9.17, 15) is 9.18 Å². The van der Waals surface area contributed by atoms with Crippen LogP contribution in [0.25, 0.3) is 0 Å². The highest BCUT2D eigenvalue weighted by Gasteiger charge is 2.28. The molecule has 0 saturated heterocycles. The van der Waals surface area contributed by atoms with Crippen molar-refractivity contribution >= 4 is 5.97 Å². The predicted molar refractivity (Wildman–Crippen MR) is 66.5 cm³/mol. The van der Waals surface area contributed by atoms with Crippen LogP contribution in [-0.2, 0) is 9.53 Å². The number of benzene rings is 1. The maximum absolute atomic E-state index is 13.8. The van der Waals surface area contributed by atoms with Crippen molar-refractivity contribution in [1.29, 1.82) is 0 Å². The van der Waals surface area contributed by atoms with E-state index in [0.29, 0.717) is 5.56 Å². The number of methoxy groups -OCH3 is 1. The van der Waals surface area contributed by atoms with Crippen molar-refractivity contribution < 1.29 is 13.9 Å². The summed E-state index contributed by atoms with van der Waals surface area (Å²) in [6.07, 6.45) is 4.37. The zero-order valence-electron chi connectivity index (χ0n) is 10.5. The third-order valence-electron chi connectivity index (χ3n) is 3.41. The number of rotatable bonds is 4. The van der Waals surface area contributed by atoms with Gasteiger partial charge in [-0.3, -0.25) is 5.32 Å². The number of carbonyl (C=O) groups excluding carboxylic acids is 1. The number of ether oxygens (including phenoxy) is 1. The van der Waals surface area contributed by atoms with Gasteiger partial charge < -0.3 is 4.74 Å². The summed E-state index contributed by atoms with van der Waals surface area (Å²) >= 11 is 0. The molecule has 0 aliphatic heterocycles. The van der Waals surface area contributed by atoms with Crippen molar-refractivity contribution in [3.63, 3.8) is 0 Å². The molecule has 4 heteroatoms. The largest absolute Gasteiger partial charge is 0.468 e. The number of hydrogen-bond donors (Lipinski definition) is 1. The van der Waals surface area contributed by atoms with Crippen LogP contribution >= 0.6 is 0 Å². The molecular formula is C14H18FNO2. The van der Waals surface area contributed by atoms with E-state index in [-0.39, 0.29) is 11.9 Å². The molecular weight excluding hydrogens is 233 g/mol. The van der Waals surface area contributed by atoms with Crippen molar-refractivity contribution in [3.05, 3.63) is 35.6 Å². The van der Waals surface area contributed by atoms with Gasteiger partial charge in [-0.15, -0.1) is 0 Å². The summed E-state index contributed by atoms with van der Waals surface area (Å²) in [5.41, 5.74) is 0.358. The van der Waals surface area contributed by atoms with Crippen LogP contribution in [0.4, 0.5) is 4.39 Å². The van der Waals surface area contributed by atoms with Gasteiger partial charge in [0.2, 0.25) is 0 Å². The highest BCUT2D eigenvalue weighted by Crippen LogP contribution is 2.24. The second-order valence-corrected chi connectivity index (χ2v) is 4.63. The average molecular weight is 251 g/mol. The van der Waals surface area contributed by atoms with Gasteiger partial charge in [-0.2, -0.15) is 0 Å². The van der Waals surface area contributed by atoms with E-state index in [2.05, 4.69) is 5.32 Å². The first-order valence-electron chi connectivity index (χ1n) is 6.30. The molecule has 1 aliphatic carbocycles.